The smallest absolute Gasteiger partial charge is 0.328 e. The lowest BCUT2D eigenvalue weighted by molar-refractivity contribution is -0.131. The van der Waals surface area contributed by atoms with Crippen molar-refractivity contribution in [2.75, 3.05) is 7.05 Å². The number of hydrogen-bond donors (Lipinski definition) is 2. The number of carboxylic acid groups (broad SMARTS) is 1. The molecule has 0 aromatic rings. The van der Waals surface area contributed by atoms with Gasteiger partial charge in [-0.2, -0.15) is 0 Å². The van der Waals surface area contributed by atoms with Crippen molar-refractivity contribution in [3.8, 4) is 0 Å². The van der Waals surface area contributed by atoms with Gasteiger partial charge in [-0.25, -0.2) is 4.79 Å². The van der Waals surface area contributed by atoms with Crippen LogP contribution in [-0.4, -0.2) is 24.0 Å². The molecule has 0 unspecified atom stereocenters. The number of carbonyl (C=O) groups excluding carboxylic acids is 1. The lowest BCUT2D eigenvalue weighted by atomic mass is 10.5. The standard InChI is InChI=1S/C5H7NO3/c1-6-4(7)2-3-5(8)9/h2-3H,1H3,(H,6,7)(H,8,9)/b3-2-. The Labute approximate surface area is 52.2 Å². The maximum atomic E-state index is 10.3. The monoisotopic (exact) mass is 129 g/mol. The molecule has 0 aliphatic heterocycles. The Kier molecular flexibility index (Phi) is 3.12. The number of rotatable bonds is 2. The predicted molar refractivity (Wildman–Crippen MR) is 30.8 cm³/mol. The summed E-state index contributed by atoms with van der Waals surface area (Å²) in [5, 5.41) is 10.2. The molecule has 0 aliphatic rings. The number of likely N-dealkylation sites (N-methyl/N-ethyl adjacent to an activating group) is 1. The summed E-state index contributed by atoms with van der Waals surface area (Å²) >= 11 is 0. The number of nitrogens with one attached hydrogen (secondary N) is 1. The number of carbonyl (C=O) groups is 2. The van der Waals surface area contributed by atoms with Gasteiger partial charge in [0.2, 0.25) is 5.91 Å². The van der Waals surface area contributed by atoms with Crippen LogP contribution in [0.2, 0.25) is 0 Å². The minimum Gasteiger partial charge on any atom is -0.478 e. The highest BCUT2D eigenvalue weighted by molar-refractivity contribution is 5.93. The first-order valence-corrected chi connectivity index (χ1v) is 2.29. The van der Waals surface area contributed by atoms with Gasteiger partial charge in [-0.3, -0.25) is 4.79 Å². The summed E-state index contributed by atoms with van der Waals surface area (Å²) in [4.78, 5) is 20.0. The van der Waals surface area contributed by atoms with E-state index in [1.807, 2.05) is 0 Å². The molecule has 50 valence electrons. The summed E-state index contributed by atoms with van der Waals surface area (Å²) in [6, 6.07) is 0. The van der Waals surface area contributed by atoms with Gasteiger partial charge in [0.25, 0.3) is 0 Å². The second kappa shape index (κ2) is 3.65. The van der Waals surface area contributed by atoms with Crippen LogP contribution < -0.4 is 5.32 Å². The maximum absolute atomic E-state index is 10.3. The second-order valence-electron chi connectivity index (χ2n) is 1.29. The lowest BCUT2D eigenvalue weighted by Crippen LogP contribution is -2.14. The second-order valence-corrected chi connectivity index (χ2v) is 1.29. The summed E-state index contributed by atoms with van der Waals surface area (Å²) in [6.45, 7) is 0. The first-order chi connectivity index (χ1) is 4.16. The van der Waals surface area contributed by atoms with Crippen molar-refractivity contribution in [2.24, 2.45) is 0 Å². The fraction of sp³-hybridized carbons (Fsp3) is 0.200. The zero-order chi connectivity index (χ0) is 7.28. The minimum absolute atomic E-state index is 0.419. The molecule has 4 nitrogen and oxygen atoms in total. The van der Waals surface area contributed by atoms with E-state index in [9.17, 15) is 9.59 Å². The van der Waals surface area contributed by atoms with Crippen LogP contribution in [0.1, 0.15) is 0 Å². The van der Waals surface area contributed by atoms with Crippen LogP contribution in [0.25, 0.3) is 0 Å². The average Bonchev–Trinajstić information content (AvgIpc) is 1.83. The molecule has 0 atom stereocenters. The topological polar surface area (TPSA) is 66.4 Å². The van der Waals surface area contributed by atoms with E-state index in [0.29, 0.717) is 0 Å². The normalized spacial score (nSPS) is 9.44. The Balaban J connectivity index is 3.71. The van der Waals surface area contributed by atoms with Crippen LogP contribution in [0.3, 0.4) is 0 Å². The molecule has 2 N–H and O–H groups in total. The van der Waals surface area contributed by atoms with Gasteiger partial charge in [0, 0.05) is 19.2 Å². The number of hydrogen-bond acceptors (Lipinski definition) is 2. The molecule has 0 saturated heterocycles. The highest BCUT2D eigenvalue weighted by Crippen LogP contribution is 1.71. The fourth-order valence-electron chi connectivity index (χ4n) is 0.230. The van der Waals surface area contributed by atoms with Crippen LogP contribution in [0, 0.1) is 0 Å². The van der Waals surface area contributed by atoms with Gasteiger partial charge in [0.15, 0.2) is 0 Å². The molecule has 0 aliphatic carbocycles. The molecule has 0 radical (unpaired) electrons. The third-order valence-electron chi connectivity index (χ3n) is 0.624. The van der Waals surface area contributed by atoms with E-state index < -0.39 is 11.9 Å². The molecule has 0 bridgehead atoms. The molecule has 4 heteroatoms. The summed E-state index contributed by atoms with van der Waals surface area (Å²) < 4.78 is 0. The summed E-state index contributed by atoms with van der Waals surface area (Å²) in [5.41, 5.74) is 0. The van der Waals surface area contributed by atoms with E-state index in [2.05, 4.69) is 5.32 Å². The van der Waals surface area contributed by atoms with E-state index in [4.69, 9.17) is 5.11 Å². The predicted octanol–water partition coefficient (Wildman–Crippen LogP) is -0.627. The van der Waals surface area contributed by atoms with Crippen molar-refractivity contribution >= 4 is 11.9 Å². The Morgan fingerprint density at radius 3 is 2.33 bits per heavy atom. The van der Waals surface area contributed by atoms with Gasteiger partial charge in [-0.15, -0.1) is 0 Å². The molecule has 0 saturated carbocycles. The molecule has 0 aromatic carbocycles. The van der Waals surface area contributed by atoms with Crippen LogP contribution in [-0.2, 0) is 9.59 Å². The highest BCUT2D eigenvalue weighted by atomic mass is 16.4. The van der Waals surface area contributed by atoms with Crippen molar-refractivity contribution in [3.63, 3.8) is 0 Å². The molecular formula is C5H7NO3. The van der Waals surface area contributed by atoms with E-state index in [1.165, 1.54) is 7.05 Å². The van der Waals surface area contributed by atoms with Gasteiger partial charge in [0.1, 0.15) is 0 Å². The molecule has 1 amide bonds. The third-order valence-corrected chi connectivity index (χ3v) is 0.624. The summed E-state index contributed by atoms with van der Waals surface area (Å²) in [6.07, 6.45) is 1.72. The molecule has 0 heterocycles. The summed E-state index contributed by atoms with van der Waals surface area (Å²) in [5.74, 6) is -1.55. The van der Waals surface area contributed by atoms with Gasteiger partial charge in [0.05, 0.1) is 0 Å². The van der Waals surface area contributed by atoms with E-state index in [1.54, 1.807) is 0 Å². The van der Waals surface area contributed by atoms with Crippen molar-refractivity contribution in [3.05, 3.63) is 12.2 Å². The van der Waals surface area contributed by atoms with Crippen LogP contribution >= 0.6 is 0 Å². The fourth-order valence-corrected chi connectivity index (χ4v) is 0.230. The van der Waals surface area contributed by atoms with Gasteiger partial charge in [-0.05, 0) is 0 Å². The van der Waals surface area contributed by atoms with Crippen molar-refractivity contribution < 1.29 is 14.7 Å². The largest absolute Gasteiger partial charge is 0.478 e. The Morgan fingerprint density at radius 1 is 1.44 bits per heavy atom. The van der Waals surface area contributed by atoms with Crippen LogP contribution in [0.4, 0.5) is 0 Å². The molecule has 9 heavy (non-hydrogen) atoms. The van der Waals surface area contributed by atoms with Crippen molar-refractivity contribution in [1.82, 2.24) is 5.32 Å². The van der Waals surface area contributed by atoms with Crippen LogP contribution in [0.15, 0.2) is 12.2 Å². The molecular weight excluding hydrogens is 122 g/mol. The molecule has 0 rings (SSSR count). The van der Waals surface area contributed by atoms with Crippen LogP contribution in [0.5, 0.6) is 0 Å². The van der Waals surface area contributed by atoms with Gasteiger partial charge in [-0.1, -0.05) is 0 Å². The van der Waals surface area contributed by atoms with Crippen molar-refractivity contribution in [1.29, 1.82) is 0 Å². The highest BCUT2D eigenvalue weighted by Gasteiger charge is 1.89. The number of aliphatic carboxylic acids is 1. The average molecular weight is 129 g/mol. The van der Waals surface area contributed by atoms with Gasteiger partial charge < -0.3 is 10.4 Å². The first-order valence-electron chi connectivity index (χ1n) is 2.29. The van der Waals surface area contributed by atoms with E-state index >= 15 is 0 Å². The molecule has 0 aromatic heterocycles. The SMILES string of the molecule is CNC(=O)/C=C\C(=O)O. The maximum Gasteiger partial charge on any atom is 0.328 e. The lowest BCUT2D eigenvalue weighted by Gasteiger charge is -1.85. The quantitative estimate of drug-likeness (QED) is 0.488. The Hall–Kier alpha value is -1.32. The Morgan fingerprint density at radius 2 is 2.00 bits per heavy atom. The van der Waals surface area contributed by atoms with E-state index in [-0.39, 0.29) is 0 Å². The first kappa shape index (κ1) is 7.68. The molecule has 0 fully saturated rings. The number of amides is 1. The minimum atomic E-state index is -1.13. The zero-order valence-electron chi connectivity index (χ0n) is 4.92. The third kappa shape index (κ3) is 4.53. The number of carboxylic acids is 1. The zero-order valence-corrected chi connectivity index (χ0v) is 4.92. The van der Waals surface area contributed by atoms with Gasteiger partial charge >= 0.3 is 5.97 Å². The van der Waals surface area contributed by atoms with E-state index in [0.717, 1.165) is 12.2 Å². The molecule has 0 spiro atoms. The summed E-state index contributed by atoms with van der Waals surface area (Å²) in [7, 11) is 1.43. The Bertz CT molecular complexity index is 150. The van der Waals surface area contributed by atoms with Crippen molar-refractivity contribution in [2.45, 2.75) is 0 Å².